The molecular formula is C16H23Cl2N. The average Bonchev–Trinajstić information content (AvgIpc) is 2.91. The third-order valence-corrected chi connectivity index (χ3v) is 4.87. The van der Waals surface area contributed by atoms with Crippen LogP contribution in [0.4, 0.5) is 0 Å². The van der Waals surface area contributed by atoms with Crippen LogP contribution in [0.25, 0.3) is 0 Å². The van der Waals surface area contributed by atoms with Crippen molar-refractivity contribution in [3.63, 3.8) is 0 Å². The van der Waals surface area contributed by atoms with Crippen LogP contribution in [0.5, 0.6) is 0 Å². The molecule has 1 saturated carbocycles. The third kappa shape index (κ3) is 4.11. The van der Waals surface area contributed by atoms with Gasteiger partial charge in [-0.15, -0.1) is 0 Å². The number of hydrogen-bond donors (Lipinski definition) is 1. The first-order valence-electron chi connectivity index (χ1n) is 7.39. The Morgan fingerprint density at radius 1 is 1.26 bits per heavy atom. The van der Waals surface area contributed by atoms with Gasteiger partial charge in [-0.2, -0.15) is 0 Å². The molecule has 106 valence electrons. The van der Waals surface area contributed by atoms with Crippen LogP contribution in [0.2, 0.25) is 10.0 Å². The van der Waals surface area contributed by atoms with E-state index in [9.17, 15) is 0 Å². The molecule has 0 aromatic heterocycles. The molecule has 0 amide bonds. The predicted octanol–water partition coefficient (Wildman–Crippen LogP) is 5.61. The standard InChI is InChI=1S/C16H23Cl2N/c1-2-10-19-15(11-12-6-3-4-7-12)13-8-5-9-14(17)16(13)18/h5,8-9,12,15,19H,2-4,6-7,10-11H2,1H3. The van der Waals surface area contributed by atoms with Crippen molar-refractivity contribution in [3.8, 4) is 0 Å². The number of hydrogen-bond acceptors (Lipinski definition) is 1. The van der Waals surface area contributed by atoms with Gasteiger partial charge in [-0.1, -0.05) is 67.9 Å². The van der Waals surface area contributed by atoms with Crippen molar-refractivity contribution < 1.29 is 0 Å². The van der Waals surface area contributed by atoms with Crippen LogP contribution in [-0.2, 0) is 0 Å². The van der Waals surface area contributed by atoms with Gasteiger partial charge in [0, 0.05) is 6.04 Å². The van der Waals surface area contributed by atoms with Gasteiger partial charge in [0.2, 0.25) is 0 Å². The average molecular weight is 300 g/mol. The molecular weight excluding hydrogens is 277 g/mol. The lowest BCUT2D eigenvalue weighted by atomic mass is 9.93. The molecule has 3 heteroatoms. The van der Waals surface area contributed by atoms with E-state index in [4.69, 9.17) is 23.2 Å². The van der Waals surface area contributed by atoms with Gasteiger partial charge < -0.3 is 5.32 Å². The van der Waals surface area contributed by atoms with Crippen LogP contribution in [0.1, 0.15) is 57.1 Å². The molecule has 1 aliphatic carbocycles. The molecule has 2 rings (SSSR count). The minimum atomic E-state index is 0.342. The molecule has 0 aliphatic heterocycles. The summed E-state index contributed by atoms with van der Waals surface area (Å²) in [5.74, 6) is 0.837. The van der Waals surface area contributed by atoms with Crippen LogP contribution in [-0.4, -0.2) is 6.54 Å². The van der Waals surface area contributed by atoms with Gasteiger partial charge in [0.05, 0.1) is 10.0 Å². The zero-order valence-electron chi connectivity index (χ0n) is 11.6. The fourth-order valence-corrected chi connectivity index (χ4v) is 3.45. The van der Waals surface area contributed by atoms with Crippen molar-refractivity contribution >= 4 is 23.2 Å². The highest BCUT2D eigenvalue weighted by Gasteiger charge is 2.22. The molecule has 0 saturated heterocycles. The van der Waals surface area contributed by atoms with Gasteiger partial charge in [0.25, 0.3) is 0 Å². The highest BCUT2D eigenvalue weighted by molar-refractivity contribution is 6.42. The second-order valence-corrected chi connectivity index (χ2v) is 6.32. The number of benzene rings is 1. The number of rotatable bonds is 6. The van der Waals surface area contributed by atoms with Crippen molar-refractivity contribution in [1.82, 2.24) is 5.32 Å². The summed E-state index contributed by atoms with van der Waals surface area (Å²) in [6, 6.07) is 6.31. The Hall–Kier alpha value is -0.240. The molecule has 0 radical (unpaired) electrons. The second-order valence-electron chi connectivity index (χ2n) is 5.54. The zero-order chi connectivity index (χ0) is 13.7. The van der Waals surface area contributed by atoms with E-state index in [-0.39, 0.29) is 0 Å². The highest BCUT2D eigenvalue weighted by atomic mass is 35.5. The minimum Gasteiger partial charge on any atom is -0.310 e. The van der Waals surface area contributed by atoms with E-state index < -0.39 is 0 Å². The lowest BCUT2D eigenvalue weighted by Gasteiger charge is -2.23. The molecule has 1 aromatic carbocycles. The molecule has 1 nitrogen and oxygen atoms in total. The van der Waals surface area contributed by atoms with Crippen LogP contribution in [0.3, 0.4) is 0 Å². The lowest BCUT2D eigenvalue weighted by Crippen LogP contribution is -2.24. The Morgan fingerprint density at radius 3 is 2.68 bits per heavy atom. The normalized spacial score (nSPS) is 17.8. The zero-order valence-corrected chi connectivity index (χ0v) is 13.1. The Labute approximate surface area is 126 Å². The van der Waals surface area contributed by atoms with Crippen molar-refractivity contribution in [2.45, 2.75) is 51.5 Å². The van der Waals surface area contributed by atoms with E-state index in [1.165, 1.54) is 32.1 Å². The van der Waals surface area contributed by atoms with Crippen molar-refractivity contribution in [1.29, 1.82) is 0 Å². The van der Waals surface area contributed by atoms with Crippen molar-refractivity contribution in [2.75, 3.05) is 6.54 Å². The van der Waals surface area contributed by atoms with Crippen LogP contribution >= 0.6 is 23.2 Å². The molecule has 1 unspecified atom stereocenters. The molecule has 1 fully saturated rings. The van der Waals surface area contributed by atoms with Gasteiger partial charge in [-0.05, 0) is 36.9 Å². The lowest BCUT2D eigenvalue weighted by molar-refractivity contribution is 0.395. The van der Waals surface area contributed by atoms with E-state index in [0.29, 0.717) is 11.1 Å². The van der Waals surface area contributed by atoms with Gasteiger partial charge in [0.15, 0.2) is 0 Å². The maximum absolute atomic E-state index is 6.38. The summed E-state index contributed by atoms with van der Waals surface area (Å²) in [7, 11) is 0. The first-order chi connectivity index (χ1) is 9.22. The van der Waals surface area contributed by atoms with Gasteiger partial charge >= 0.3 is 0 Å². The largest absolute Gasteiger partial charge is 0.310 e. The molecule has 0 spiro atoms. The fraction of sp³-hybridized carbons (Fsp3) is 0.625. The minimum absolute atomic E-state index is 0.342. The van der Waals surface area contributed by atoms with E-state index >= 15 is 0 Å². The van der Waals surface area contributed by atoms with E-state index in [0.717, 1.165) is 29.5 Å². The Morgan fingerprint density at radius 2 is 2.00 bits per heavy atom. The summed E-state index contributed by atoms with van der Waals surface area (Å²) in [4.78, 5) is 0. The van der Waals surface area contributed by atoms with Crippen LogP contribution in [0, 0.1) is 5.92 Å². The van der Waals surface area contributed by atoms with Crippen molar-refractivity contribution in [3.05, 3.63) is 33.8 Å². The Balaban J connectivity index is 2.13. The smallest absolute Gasteiger partial charge is 0.0640 e. The topological polar surface area (TPSA) is 12.0 Å². The Bertz CT molecular complexity index is 400. The summed E-state index contributed by atoms with van der Waals surface area (Å²) >= 11 is 12.5. The summed E-state index contributed by atoms with van der Waals surface area (Å²) in [6.07, 6.45) is 7.81. The molecule has 0 heterocycles. The summed E-state index contributed by atoms with van der Waals surface area (Å²) in [5.41, 5.74) is 1.16. The maximum atomic E-state index is 6.38. The summed E-state index contributed by atoms with van der Waals surface area (Å²) in [5, 5.41) is 5.02. The van der Waals surface area contributed by atoms with Crippen LogP contribution in [0.15, 0.2) is 18.2 Å². The number of halogens is 2. The SMILES string of the molecule is CCCNC(CC1CCCC1)c1cccc(Cl)c1Cl. The van der Waals surface area contributed by atoms with Gasteiger partial charge in [0.1, 0.15) is 0 Å². The van der Waals surface area contributed by atoms with Crippen molar-refractivity contribution in [2.24, 2.45) is 5.92 Å². The molecule has 0 bridgehead atoms. The predicted molar refractivity (Wildman–Crippen MR) is 84.1 cm³/mol. The second kappa shape index (κ2) is 7.52. The molecule has 1 aliphatic rings. The summed E-state index contributed by atoms with van der Waals surface area (Å²) in [6.45, 7) is 3.22. The van der Waals surface area contributed by atoms with E-state index in [2.05, 4.69) is 18.3 Å². The Kier molecular flexibility index (Phi) is 6.00. The molecule has 1 atom stereocenters. The molecule has 1 N–H and O–H groups in total. The van der Waals surface area contributed by atoms with Crippen LogP contribution < -0.4 is 5.32 Å². The monoisotopic (exact) mass is 299 g/mol. The number of nitrogens with one attached hydrogen (secondary N) is 1. The summed E-state index contributed by atoms with van der Waals surface area (Å²) < 4.78 is 0. The third-order valence-electron chi connectivity index (χ3n) is 4.04. The highest BCUT2D eigenvalue weighted by Crippen LogP contribution is 2.37. The quantitative estimate of drug-likeness (QED) is 0.719. The van der Waals surface area contributed by atoms with Gasteiger partial charge in [-0.25, -0.2) is 0 Å². The molecule has 1 aromatic rings. The molecule has 19 heavy (non-hydrogen) atoms. The maximum Gasteiger partial charge on any atom is 0.0640 e. The van der Waals surface area contributed by atoms with E-state index in [1.807, 2.05) is 12.1 Å². The van der Waals surface area contributed by atoms with Gasteiger partial charge in [-0.3, -0.25) is 0 Å². The first-order valence-corrected chi connectivity index (χ1v) is 8.15. The fourth-order valence-electron chi connectivity index (χ4n) is 3.01. The van der Waals surface area contributed by atoms with E-state index in [1.54, 1.807) is 0 Å². The first kappa shape index (κ1) is 15.2.